The van der Waals surface area contributed by atoms with Gasteiger partial charge in [0.05, 0.1) is 18.7 Å². The molecule has 0 aliphatic carbocycles. The molecule has 0 atom stereocenters. The van der Waals surface area contributed by atoms with Gasteiger partial charge in [-0.3, -0.25) is 9.78 Å². The van der Waals surface area contributed by atoms with Crippen molar-refractivity contribution in [2.75, 3.05) is 6.61 Å². The lowest BCUT2D eigenvalue weighted by Gasteiger charge is -2.06. The minimum absolute atomic E-state index is 0.0171. The van der Waals surface area contributed by atoms with Crippen LogP contribution in [0.15, 0.2) is 12.3 Å². The van der Waals surface area contributed by atoms with Gasteiger partial charge in [0.1, 0.15) is 0 Å². The molecule has 0 amide bonds. The molecule has 0 unspecified atom stereocenters. The molecule has 0 aliphatic rings. The predicted octanol–water partition coefficient (Wildman–Crippen LogP) is 2.43. The van der Waals surface area contributed by atoms with Gasteiger partial charge in [-0.05, 0) is 25.5 Å². The molecule has 0 saturated heterocycles. The molecule has 5 heteroatoms. The Kier molecular flexibility index (Phi) is 4.34. The molecule has 0 bridgehead atoms. The molecule has 0 N–H and O–H groups in total. The fourth-order valence-electron chi connectivity index (χ4n) is 1.28. The lowest BCUT2D eigenvalue weighted by molar-refractivity contribution is -0.142. The van der Waals surface area contributed by atoms with Crippen LogP contribution < -0.4 is 0 Å². The maximum absolute atomic E-state index is 12.3. The third kappa shape index (κ3) is 3.25. The monoisotopic (exact) mass is 229 g/mol. The van der Waals surface area contributed by atoms with Gasteiger partial charge >= 0.3 is 5.97 Å². The molecule has 3 nitrogen and oxygen atoms in total. The number of esters is 1. The molecule has 1 aromatic rings. The standard InChI is InChI=1S/C11H13F2NO2/c1-3-16-10(15)5-9-7(2)4-8(6-14-9)11(12)13/h4,6,11H,3,5H2,1-2H3. The van der Waals surface area contributed by atoms with E-state index in [1.807, 2.05) is 0 Å². The van der Waals surface area contributed by atoms with Crippen molar-refractivity contribution in [3.63, 3.8) is 0 Å². The third-order valence-electron chi connectivity index (χ3n) is 2.08. The topological polar surface area (TPSA) is 39.2 Å². The molecule has 0 spiro atoms. The van der Waals surface area contributed by atoms with E-state index >= 15 is 0 Å². The molecule has 0 aromatic carbocycles. The second kappa shape index (κ2) is 5.53. The van der Waals surface area contributed by atoms with Gasteiger partial charge in [0.25, 0.3) is 6.43 Å². The van der Waals surface area contributed by atoms with E-state index in [4.69, 9.17) is 4.74 Å². The van der Waals surface area contributed by atoms with Crippen molar-refractivity contribution in [2.24, 2.45) is 0 Å². The maximum atomic E-state index is 12.3. The number of carbonyl (C=O) groups is 1. The second-order valence-corrected chi connectivity index (χ2v) is 3.31. The molecule has 1 aromatic heterocycles. The van der Waals surface area contributed by atoms with E-state index in [0.29, 0.717) is 17.9 Å². The van der Waals surface area contributed by atoms with Crippen molar-refractivity contribution in [1.29, 1.82) is 0 Å². The summed E-state index contributed by atoms with van der Waals surface area (Å²) in [5.74, 6) is -0.400. The predicted molar refractivity (Wildman–Crippen MR) is 54.3 cm³/mol. The average molecular weight is 229 g/mol. The zero-order valence-corrected chi connectivity index (χ0v) is 9.17. The summed E-state index contributed by atoms with van der Waals surface area (Å²) in [6.07, 6.45) is -1.43. The van der Waals surface area contributed by atoms with E-state index in [1.165, 1.54) is 6.07 Å². The lowest BCUT2D eigenvalue weighted by Crippen LogP contribution is -2.10. The first kappa shape index (κ1) is 12.5. The molecule has 0 saturated carbocycles. The van der Waals surface area contributed by atoms with Crippen LogP contribution in [0.4, 0.5) is 8.78 Å². The smallest absolute Gasteiger partial charge is 0.311 e. The Morgan fingerprint density at radius 2 is 2.25 bits per heavy atom. The van der Waals surface area contributed by atoms with Gasteiger partial charge in [-0.25, -0.2) is 8.78 Å². The minimum atomic E-state index is -2.54. The van der Waals surface area contributed by atoms with Crippen LogP contribution >= 0.6 is 0 Å². The first-order chi connectivity index (χ1) is 7.54. The van der Waals surface area contributed by atoms with Crippen LogP contribution in [-0.4, -0.2) is 17.6 Å². The van der Waals surface area contributed by atoms with E-state index in [-0.39, 0.29) is 12.0 Å². The summed E-state index contributed by atoms with van der Waals surface area (Å²) in [6.45, 7) is 3.65. The van der Waals surface area contributed by atoms with Crippen molar-refractivity contribution in [1.82, 2.24) is 4.98 Å². The number of pyridine rings is 1. The Balaban J connectivity index is 2.79. The number of hydrogen-bond donors (Lipinski definition) is 0. The molecule has 0 radical (unpaired) electrons. The van der Waals surface area contributed by atoms with Crippen LogP contribution in [0.3, 0.4) is 0 Å². The summed E-state index contributed by atoms with van der Waals surface area (Å²) < 4.78 is 29.4. The summed E-state index contributed by atoms with van der Waals surface area (Å²) >= 11 is 0. The second-order valence-electron chi connectivity index (χ2n) is 3.31. The first-order valence-electron chi connectivity index (χ1n) is 4.93. The number of hydrogen-bond acceptors (Lipinski definition) is 3. The summed E-state index contributed by atoms with van der Waals surface area (Å²) in [5.41, 5.74) is 0.916. The van der Waals surface area contributed by atoms with Gasteiger partial charge in [-0.1, -0.05) is 0 Å². The molecule has 0 aliphatic heterocycles. The first-order valence-corrected chi connectivity index (χ1v) is 4.93. The third-order valence-corrected chi connectivity index (χ3v) is 2.08. The van der Waals surface area contributed by atoms with E-state index in [2.05, 4.69) is 4.98 Å². The summed E-state index contributed by atoms with van der Waals surface area (Å²) in [4.78, 5) is 15.0. The van der Waals surface area contributed by atoms with Gasteiger partial charge in [-0.2, -0.15) is 0 Å². The highest BCUT2D eigenvalue weighted by Gasteiger charge is 2.12. The van der Waals surface area contributed by atoms with Crippen molar-refractivity contribution in [3.05, 3.63) is 29.1 Å². The number of aryl methyl sites for hydroxylation is 1. The Morgan fingerprint density at radius 3 is 2.75 bits per heavy atom. The van der Waals surface area contributed by atoms with Crippen molar-refractivity contribution in [3.8, 4) is 0 Å². The Hall–Kier alpha value is -1.52. The van der Waals surface area contributed by atoms with Gasteiger partial charge in [-0.15, -0.1) is 0 Å². The highest BCUT2D eigenvalue weighted by atomic mass is 19.3. The van der Waals surface area contributed by atoms with E-state index in [0.717, 1.165) is 6.20 Å². The van der Waals surface area contributed by atoms with Crippen LogP contribution in [-0.2, 0) is 16.0 Å². The summed E-state index contributed by atoms with van der Waals surface area (Å²) in [5, 5.41) is 0. The van der Waals surface area contributed by atoms with Gasteiger partial charge < -0.3 is 4.74 Å². The normalized spacial score (nSPS) is 10.6. The fourth-order valence-corrected chi connectivity index (χ4v) is 1.28. The van der Waals surface area contributed by atoms with Crippen LogP contribution in [0.1, 0.15) is 30.2 Å². The van der Waals surface area contributed by atoms with Crippen molar-refractivity contribution >= 4 is 5.97 Å². The lowest BCUT2D eigenvalue weighted by atomic mass is 10.1. The van der Waals surface area contributed by atoms with Crippen molar-refractivity contribution in [2.45, 2.75) is 26.7 Å². The number of aromatic nitrogens is 1. The average Bonchev–Trinajstić information content (AvgIpc) is 2.21. The van der Waals surface area contributed by atoms with Crippen molar-refractivity contribution < 1.29 is 18.3 Å². The number of ether oxygens (including phenoxy) is 1. The van der Waals surface area contributed by atoms with Gasteiger partial charge in [0.15, 0.2) is 0 Å². The summed E-state index contributed by atoms with van der Waals surface area (Å²) in [6, 6.07) is 1.34. The largest absolute Gasteiger partial charge is 0.466 e. The Bertz CT molecular complexity index is 380. The highest BCUT2D eigenvalue weighted by molar-refractivity contribution is 5.72. The van der Waals surface area contributed by atoms with Crippen LogP contribution in [0.25, 0.3) is 0 Å². The zero-order chi connectivity index (χ0) is 12.1. The van der Waals surface area contributed by atoms with E-state index < -0.39 is 12.4 Å². The van der Waals surface area contributed by atoms with Crippen LogP contribution in [0.5, 0.6) is 0 Å². The molecule has 1 rings (SSSR count). The maximum Gasteiger partial charge on any atom is 0.311 e. The number of rotatable bonds is 4. The van der Waals surface area contributed by atoms with Crippen LogP contribution in [0, 0.1) is 6.92 Å². The van der Waals surface area contributed by atoms with Gasteiger partial charge in [0.2, 0.25) is 0 Å². The minimum Gasteiger partial charge on any atom is -0.466 e. The number of halogens is 2. The van der Waals surface area contributed by atoms with E-state index in [1.54, 1.807) is 13.8 Å². The Labute approximate surface area is 92.4 Å². The number of nitrogens with zero attached hydrogens (tertiary/aromatic N) is 1. The number of carbonyl (C=O) groups excluding carboxylic acids is 1. The molecule has 1 heterocycles. The molecule has 16 heavy (non-hydrogen) atoms. The number of alkyl halides is 2. The highest BCUT2D eigenvalue weighted by Crippen LogP contribution is 2.19. The Morgan fingerprint density at radius 1 is 1.56 bits per heavy atom. The quantitative estimate of drug-likeness (QED) is 0.744. The van der Waals surface area contributed by atoms with E-state index in [9.17, 15) is 13.6 Å². The molecule has 0 fully saturated rings. The molecular formula is C11H13F2NO2. The SMILES string of the molecule is CCOC(=O)Cc1ncc(C(F)F)cc1C. The van der Waals surface area contributed by atoms with Crippen LogP contribution in [0.2, 0.25) is 0 Å². The fraction of sp³-hybridized carbons (Fsp3) is 0.455. The van der Waals surface area contributed by atoms with Gasteiger partial charge in [0, 0.05) is 11.8 Å². The molecular weight excluding hydrogens is 216 g/mol. The zero-order valence-electron chi connectivity index (χ0n) is 9.17. The molecule has 88 valence electrons. The summed E-state index contributed by atoms with van der Waals surface area (Å²) in [7, 11) is 0.